The van der Waals surface area contributed by atoms with Gasteiger partial charge in [-0.1, -0.05) is 40.5 Å². The van der Waals surface area contributed by atoms with E-state index >= 15 is 0 Å². The summed E-state index contributed by atoms with van der Waals surface area (Å²) in [6.07, 6.45) is 5.56. The average molecular weight is 254 g/mol. The van der Waals surface area contributed by atoms with E-state index in [0.717, 1.165) is 32.1 Å². The Labute approximate surface area is 112 Å². The van der Waals surface area contributed by atoms with Gasteiger partial charge in [-0.05, 0) is 32.1 Å². The van der Waals surface area contributed by atoms with Crippen LogP contribution in [0.3, 0.4) is 0 Å². The molecule has 3 nitrogen and oxygen atoms in total. The number of carbonyl (C=O) groups is 1. The third-order valence-corrected chi connectivity index (χ3v) is 3.71. The molecular formula is C15H30N2O. The largest absolute Gasteiger partial charge is 0.323 e. The van der Waals surface area contributed by atoms with E-state index in [1.165, 1.54) is 0 Å². The Hall–Kier alpha value is -0.570. The van der Waals surface area contributed by atoms with Crippen LogP contribution in [0.25, 0.3) is 0 Å². The quantitative estimate of drug-likeness (QED) is 0.757. The van der Waals surface area contributed by atoms with E-state index in [2.05, 4.69) is 44.8 Å². The van der Waals surface area contributed by atoms with Gasteiger partial charge >= 0.3 is 0 Å². The topological polar surface area (TPSA) is 32.3 Å². The van der Waals surface area contributed by atoms with Crippen molar-refractivity contribution >= 4 is 5.91 Å². The molecule has 1 N–H and O–H groups in total. The van der Waals surface area contributed by atoms with Crippen molar-refractivity contribution in [3.63, 3.8) is 0 Å². The van der Waals surface area contributed by atoms with Crippen LogP contribution in [-0.2, 0) is 4.79 Å². The van der Waals surface area contributed by atoms with Gasteiger partial charge in [0.15, 0.2) is 0 Å². The maximum atomic E-state index is 12.5. The van der Waals surface area contributed by atoms with E-state index in [1.807, 2.05) is 0 Å². The molecule has 0 aromatic heterocycles. The van der Waals surface area contributed by atoms with E-state index in [4.69, 9.17) is 0 Å². The van der Waals surface area contributed by atoms with Gasteiger partial charge in [0.25, 0.3) is 0 Å². The number of nitrogens with zero attached hydrogens (tertiary/aromatic N) is 1. The predicted molar refractivity (Wildman–Crippen MR) is 76.3 cm³/mol. The van der Waals surface area contributed by atoms with Gasteiger partial charge in [-0.2, -0.15) is 0 Å². The van der Waals surface area contributed by atoms with E-state index < -0.39 is 0 Å². The first-order valence-corrected chi connectivity index (χ1v) is 7.59. The van der Waals surface area contributed by atoms with Crippen LogP contribution in [0.15, 0.2) is 0 Å². The van der Waals surface area contributed by atoms with Gasteiger partial charge in [0, 0.05) is 6.04 Å². The Morgan fingerprint density at radius 1 is 1.17 bits per heavy atom. The molecule has 1 aliphatic rings. The van der Waals surface area contributed by atoms with Gasteiger partial charge in [0.05, 0.1) is 12.2 Å². The van der Waals surface area contributed by atoms with Crippen molar-refractivity contribution in [3.8, 4) is 0 Å². The first-order valence-electron chi connectivity index (χ1n) is 7.59. The summed E-state index contributed by atoms with van der Waals surface area (Å²) in [5.74, 6) is 0.962. The van der Waals surface area contributed by atoms with Crippen molar-refractivity contribution in [2.75, 3.05) is 0 Å². The molecule has 0 bridgehead atoms. The van der Waals surface area contributed by atoms with Gasteiger partial charge in [-0.25, -0.2) is 0 Å². The molecule has 0 aromatic rings. The summed E-state index contributed by atoms with van der Waals surface area (Å²) in [4.78, 5) is 14.6. The molecule has 3 unspecified atom stereocenters. The molecule has 1 fully saturated rings. The van der Waals surface area contributed by atoms with Crippen LogP contribution in [0.5, 0.6) is 0 Å². The van der Waals surface area contributed by atoms with Crippen LogP contribution >= 0.6 is 0 Å². The second kappa shape index (κ2) is 7.13. The molecule has 0 radical (unpaired) electrons. The molecule has 1 saturated heterocycles. The smallest absolute Gasteiger partial charge is 0.241 e. The van der Waals surface area contributed by atoms with Crippen molar-refractivity contribution in [3.05, 3.63) is 0 Å². The number of carbonyl (C=O) groups excluding carboxylic acids is 1. The zero-order chi connectivity index (χ0) is 13.7. The highest BCUT2D eigenvalue weighted by atomic mass is 16.2. The van der Waals surface area contributed by atoms with Crippen molar-refractivity contribution < 1.29 is 4.79 Å². The molecule has 1 heterocycles. The molecule has 18 heavy (non-hydrogen) atoms. The first kappa shape index (κ1) is 15.5. The fourth-order valence-corrected chi connectivity index (χ4v) is 3.03. The third kappa shape index (κ3) is 3.71. The Kier molecular flexibility index (Phi) is 6.13. The summed E-state index contributed by atoms with van der Waals surface area (Å²) in [5, 5.41) is 3.52. The Bertz CT molecular complexity index is 265. The molecule has 0 aromatic carbocycles. The minimum absolute atomic E-state index is 0.0566. The maximum absolute atomic E-state index is 12.5. The predicted octanol–water partition coefficient (Wildman–Crippen LogP) is 3.15. The molecule has 3 heteroatoms. The molecule has 0 aliphatic carbocycles. The summed E-state index contributed by atoms with van der Waals surface area (Å²) in [6.45, 7) is 11.0. The molecule has 1 aliphatic heterocycles. The fraction of sp³-hybridized carbons (Fsp3) is 0.933. The number of amides is 1. The average Bonchev–Trinajstić information content (AvgIpc) is 2.56. The SMILES string of the molecule is CCCC1NC(CCC)N(C(C)CC(C)C)C1=O. The van der Waals surface area contributed by atoms with Crippen LogP contribution < -0.4 is 5.32 Å². The van der Waals surface area contributed by atoms with Gasteiger partial charge in [0.1, 0.15) is 0 Å². The van der Waals surface area contributed by atoms with Crippen molar-refractivity contribution in [1.82, 2.24) is 10.2 Å². The van der Waals surface area contributed by atoms with Gasteiger partial charge in [-0.3, -0.25) is 10.1 Å². The summed E-state index contributed by atoms with van der Waals surface area (Å²) in [7, 11) is 0. The van der Waals surface area contributed by atoms with Gasteiger partial charge < -0.3 is 4.90 Å². The summed E-state index contributed by atoms with van der Waals surface area (Å²) in [5.41, 5.74) is 0. The highest BCUT2D eigenvalue weighted by Crippen LogP contribution is 2.23. The van der Waals surface area contributed by atoms with E-state index in [0.29, 0.717) is 17.9 Å². The second-order valence-electron chi connectivity index (χ2n) is 6.04. The van der Waals surface area contributed by atoms with Crippen molar-refractivity contribution in [2.24, 2.45) is 5.92 Å². The summed E-state index contributed by atoms with van der Waals surface area (Å²) < 4.78 is 0. The van der Waals surface area contributed by atoms with Crippen LogP contribution in [0.4, 0.5) is 0 Å². The highest BCUT2D eigenvalue weighted by molar-refractivity contribution is 5.84. The monoisotopic (exact) mass is 254 g/mol. The lowest BCUT2D eigenvalue weighted by Crippen LogP contribution is -2.43. The number of hydrogen-bond donors (Lipinski definition) is 1. The minimum Gasteiger partial charge on any atom is -0.323 e. The Morgan fingerprint density at radius 2 is 1.78 bits per heavy atom. The lowest BCUT2D eigenvalue weighted by atomic mass is 10.0. The molecule has 3 atom stereocenters. The molecule has 0 saturated carbocycles. The Morgan fingerprint density at radius 3 is 2.28 bits per heavy atom. The fourth-order valence-electron chi connectivity index (χ4n) is 3.03. The summed E-state index contributed by atoms with van der Waals surface area (Å²) in [6, 6.07) is 0.407. The maximum Gasteiger partial charge on any atom is 0.241 e. The van der Waals surface area contributed by atoms with Crippen LogP contribution in [0.2, 0.25) is 0 Å². The van der Waals surface area contributed by atoms with Gasteiger partial charge in [0.2, 0.25) is 5.91 Å². The standard InChI is InChI=1S/C15H30N2O/c1-6-8-13-15(18)17(12(5)10-11(3)4)14(16-13)9-7-2/h11-14,16H,6-10H2,1-5H3. The highest BCUT2D eigenvalue weighted by Gasteiger charge is 2.39. The lowest BCUT2D eigenvalue weighted by molar-refractivity contribution is -0.132. The zero-order valence-electron chi connectivity index (χ0n) is 12.7. The number of rotatable bonds is 7. The van der Waals surface area contributed by atoms with Crippen LogP contribution in [0, 0.1) is 5.92 Å². The lowest BCUT2D eigenvalue weighted by Gasteiger charge is -2.31. The van der Waals surface area contributed by atoms with Crippen LogP contribution in [0.1, 0.15) is 66.7 Å². The first-order chi connectivity index (χ1) is 8.51. The van der Waals surface area contributed by atoms with Gasteiger partial charge in [-0.15, -0.1) is 0 Å². The van der Waals surface area contributed by atoms with Crippen molar-refractivity contribution in [2.45, 2.75) is 85.0 Å². The molecule has 1 rings (SSSR count). The molecule has 1 amide bonds. The summed E-state index contributed by atoms with van der Waals surface area (Å²) >= 11 is 0. The number of hydrogen-bond acceptors (Lipinski definition) is 2. The second-order valence-corrected chi connectivity index (χ2v) is 6.04. The van der Waals surface area contributed by atoms with E-state index in [-0.39, 0.29) is 12.2 Å². The molecular weight excluding hydrogens is 224 g/mol. The minimum atomic E-state index is 0.0566. The van der Waals surface area contributed by atoms with Crippen molar-refractivity contribution in [1.29, 1.82) is 0 Å². The van der Waals surface area contributed by atoms with E-state index in [1.54, 1.807) is 0 Å². The molecule has 106 valence electrons. The third-order valence-electron chi connectivity index (χ3n) is 3.71. The zero-order valence-corrected chi connectivity index (χ0v) is 12.7. The van der Waals surface area contributed by atoms with E-state index in [9.17, 15) is 4.79 Å². The number of nitrogens with one attached hydrogen (secondary N) is 1. The van der Waals surface area contributed by atoms with Crippen LogP contribution in [-0.4, -0.2) is 29.1 Å². The molecule has 0 spiro atoms. The Balaban J connectivity index is 2.73. The normalized spacial score (nSPS) is 26.1.